The number of aliphatic hydroxyl groups is 1. The lowest BCUT2D eigenvalue weighted by molar-refractivity contribution is -0.118. The van der Waals surface area contributed by atoms with Crippen LogP contribution in [0.2, 0.25) is 0 Å². The fourth-order valence-electron chi connectivity index (χ4n) is 4.20. The van der Waals surface area contributed by atoms with Crippen LogP contribution >= 0.6 is 0 Å². The molecule has 2 unspecified atom stereocenters. The molecule has 4 rings (SSSR count). The molecule has 0 bridgehead atoms. The SMILES string of the molecule is CCC(=O)N1CCc2cc(C(=O)Nc3ccc(OC4CCCCC4O)cc3)ccc21. The molecule has 1 fully saturated rings. The molecule has 2 amide bonds. The summed E-state index contributed by atoms with van der Waals surface area (Å²) in [6.45, 7) is 2.53. The van der Waals surface area contributed by atoms with Gasteiger partial charge in [-0.05, 0) is 73.7 Å². The predicted molar refractivity (Wildman–Crippen MR) is 116 cm³/mol. The molecule has 0 spiro atoms. The van der Waals surface area contributed by atoms with E-state index in [0.717, 1.165) is 43.4 Å². The van der Waals surface area contributed by atoms with Crippen LogP contribution in [0.5, 0.6) is 5.75 Å². The standard InChI is InChI=1S/C24H28N2O4/c1-2-23(28)26-14-13-16-15-17(7-12-20(16)26)24(29)25-18-8-10-19(11-9-18)30-22-6-4-3-5-21(22)27/h7-12,15,21-22,27H,2-6,13-14H2,1H3,(H,25,29). The minimum absolute atomic E-state index is 0.106. The number of nitrogens with one attached hydrogen (secondary N) is 1. The van der Waals surface area contributed by atoms with Crippen LogP contribution in [0.25, 0.3) is 0 Å². The summed E-state index contributed by atoms with van der Waals surface area (Å²) in [5.74, 6) is 0.612. The molecular formula is C24H28N2O4. The molecule has 2 aromatic carbocycles. The second kappa shape index (κ2) is 8.88. The third-order valence-electron chi connectivity index (χ3n) is 5.91. The first kappa shape index (κ1) is 20.4. The van der Waals surface area contributed by atoms with Gasteiger partial charge in [-0.2, -0.15) is 0 Å². The summed E-state index contributed by atoms with van der Waals surface area (Å²) in [5.41, 5.74) is 3.19. The van der Waals surface area contributed by atoms with Gasteiger partial charge in [-0.25, -0.2) is 0 Å². The second-order valence-electron chi connectivity index (χ2n) is 7.98. The monoisotopic (exact) mass is 408 g/mol. The van der Waals surface area contributed by atoms with Crippen molar-refractivity contribution >= 4 is 23.2 Å². The maximum Gasteiger partial charge on any atom is 0.255 e. The van der Waals surface area contributed by atoms with Crippen molar-refractivity contribution < 1.29 is 19.4 Å². The van der Waals surface area contributed by atoms with Gasteiger partial charge in [0.1, 0.15) is 11.9 Å². The van der Waals surface area contributed by atoms with Crippen molar-refractivity contribution in [3.05, 3.63) is 53.6 Å². The highest BCUT2D eigenvalue weighted by Gasteiger charge is 2.25. The van der Waals surface area contributed by atoms with E-state index in [1.165, 1.54) is 0 Å². The zero-order chi connectivity index (χ0) is 21.1. The van der Waals surface area contributed by atoms with Crippen LogP contribution in [0.15, 0.2) is 42.5 Å². The number of carbonyl (C=O) groups is 2. The first-order valence-corrected chi connectivity index (χ1v) is 10.7. The number of carbonyl (C=O) groups excluding carboxylic acids is 2. The molecule has 6 nitrogen and oxygen atoms in total. The molecule has 158 valence electrons. The summed E-state index contributed by atoms with van der Waals surface area (Å²) in [5, 5.41) is 13.0. The van der Waals surface area contributed by atoms with Gasteiger partial charge in [-0.1, -0.05) is 13.3 Å². The van der Waals surface area contributed by atoms with Crippen LogP contribution in [-0.2, 0) is 11.2 Å². The normalized spacial score (nSPS) is 20.5. The zero-order valence-corrected chi connectivity index (χ0v) is 17.3. The van der Waals surface area contributed by atoms with E-state index < -0.39 is 6.10 Å². The third-order valence-corrected chi connectivity index (χ3v) is 5.91. The molecule has 2 aliphatic rings. The maximum absolute atomic E-state index is 12.7. The number of fused-ring (bicyclic) bond motifs is 1. The van der Waals surface area contributed by atoms with Crippen molar-refractivity contribution in [3.63, 3.8) is 0 Å². The summed E-state index contributed by atoms with van der Waals surface area (Å²) >= 11 is 0. The van der Waals surface area contributed by atoms with E-state index in [-0.39, 0.29) is 17.9 Å². The molecule has 2 aromatic rings. The summed E-state index contributed by atoms with van der Waals surface area (Å²) in [4.78, 5) is 26.5. The molecule has 6 heteroatoms. The lowest BCUT2D eigenvalue weighted by Gasteiger charge is -2.28. The molecule has 1 saturated carbocycles. The van der Waals surface area contributed by atoms with Gasteiger partial charge in [0.05, 0.1) is 6.10 Å². The molecule has 2 N–H and O–H groups in total. The Morgan fingerprint density at radius 2 is 1.90 bits per heavy atom. The molecule has 1 aliphatic carbocycles. The Morgan fingerprint density at radius 3 is 2.63 bits per heavy atom. The molecular weight excluding hydrogens is 380 g/mol. The third kappa shape index (κ3) is 4.33. The molecule has 1 aliphatic heterocycles. The number of anilines is 2. The summed E-state index contributed by atoms with van der Waals surface area (Å²) in [6.07, 6.45) is 4.42. The number of ether oxygens (including phenoxy) is 1. The fraction of sp³-hybridized carbons (Fsp3) is 0.417. The van der Waals surface area contributed by atoms with Crippen LogP contribution in [-0.4, -0.2) is 35.7 Å². The lowest BCUT2D eigenvalue weighted by Crippen LogP contribution is -2.34. The number of hydrogen-bond donors (Lipinski definition) is 2. The van der Waals surface area contributed by atoms with Crippen molar-refractivity contribution in [2.24, 2.45) is 0 Å². The Kier molecular flexibility index (Phi) is 6.04. The van der Waals surface area contributed by atoms with Gasteiger partial charge in [0.2, 0.25) is 5.91 Å². The van der Waals surface area contributed by atoms with E-state index in [9.17, 15) is 14.7 Å². The molecule has 0 saturated heterocycles. The molecule has 0 aromatic heterocycles. The first-order valence-electron chi connectivity index (χ1n) is 10.7. The van der Waals surface area contributed by atoms with Gasteiger partial charge >= 0.3 is 0 Å². The maximum atomic E-state index is 12.7. The van der Waals surface area contributed by atoms with Gasteiger partial charge in [-0.15, -0.1) is 0 Å². The van der Waals surface area contributed by atoms with E-state index in [4.69, 9.17) is 4.74 Å². The van der Waals surface area contributed by atoms with Gasteiger partial charge in [0.15, 0.2) is 0 Å². The van der Waals surface area contributed by atoms with Crippen LogP contribution in [0.3, 0.4) is 0 Å². The molecule has 0 radical (unpaired) electrons. The van der Waals surface area contributed by atoms with Crippen molar-refractivity contribution in [2.75, 3.05) is 16.8 Å². The first-order chi connectivity index (χ1) is 14.5. The fourth-order valence-corrected chi connectivity index (χ4v) is 4.20. The van der Waals surface area contributed by atoms with Gasteiger partial charge in [-0.3, -0.25) is 9.59 Å². The summed E-state index contributed by atoms with van der Waals surface area (Å²) < 4.78 is 5.91. The average molecular weight is 408 g/mol. The van der Waals surface area contributed by atoms with E-state index in [1.54, 1.807) is 23.1 Å². The van der Waals surface area contributed by atoms with Gasteiger partial charge in [0.25, 0.3) is 5.91 Å². The number of nitrogens with zero attached hydrogens (tertiary/aromatic N) is 1. The van der Waals surface area contributed by atoms with E-state index in [2.05, 4.69) is 5.32 Å². The van der Waals surface area contributed by atoms with Crippen molar-refractivity contribution in [1.82, 2.24) is 0 Å². The highest BCUT2D eigenvalue weighted by molar-refractivity contribution is 6.05. The van der Waals surface area contributed by atoms with Gasteiger partial charge < -0.3 is 20.1 Å². The number of rotatable bonds is 5. The van der Waals surface area contributed by atoms with Crippen molar-refractivity contribution in [2.45, 2.75) is 57.7 Å². The molecule has 2 atom stereocenters. The smallest absolute Gasteiger partial charge is 0.255 e. The molecule has 1 heterocycles. The number of benzene rings is 2. The Labute approximate surface area is 176 Å². The Bertz CT molecular complexity index is 925. The van der Waals surface area contributed by atoms with Gasteiger partial charge in [0, 0.05) is 29.9 Å². The zero-order valence-electron chi connectivity index (χ0n) is 17.3. The summed E-state index contributed by atoms with van der Waals surface area (Å²) in [7, 11) is 0. The number of amides is 2. The van der Waals surface area contributed by atoms with E-state index in [1.807, 2.05) is 31.2 Å². The highest BCUT2D eigenvalue weighted by Crippen LogP contribution is 2.30. The van der Waals surface area contributed by atoms with E-state index >= 15 is 0 Å². The van der Waals surface area contributed by atoms with Crippen LogP contribution in [0.4, 0.5) is 11.4 Å². The van der Waals surface area contributed by atoms with Crippen molar-refractivity contribution in [3.8, 4) is 5.75 Å². The topological polar surface area (TPSA) is 78.9 Å². The quantitative estimate of drug-likeness (QED) is 0.786. The largest absolute Gasteiger partial charge is 0.488 e. The minimum atomic E-state index is -0.415. The number of aliphatic hydroxyl groups excluding tert-OH is 1. The second-order valence-corrected chi connectivity index (χ2v) is 7.98. The Morgan fingerprint density at radius 1 is 1.13 bits per heavy atom. The van der Waals surface area contributed by atoms with E-state index in [0.29, 0.717) is 30.0 Å². The predicted octanol–water partition coefficient (Wildman–Crippen LogP) is 3.92. The lowest BCUT2D eigenvalue weighted by atomic mass is 9.95. The Hall–Kier alpha value is -2.86. The average Bonchev–Trinajstić information content (AvgIpc) is 3.19. The molecule has 30 heavy (non-hydrogen) atoms. The highest BCUT2D eigenvalue weighted by atomic mass is 16.5. The van der Waals surface area contributed by atoms with Crippen LogP contribution in [0, 0.1) is 0 Å². The Balaban J connectivity index is 1.39. The minimum Gasteiger partial charge on any atom is -0.488 e. The number of hydrogen-bond acceptors (Lipinski definition) is 4. The van der Waals surface area contributed by atoms with Crippen molar-refractivity contribution in [1.29, 1.82) is 0 Å². The summed E-state index contributed by atoms with van der Waals surface area (Å²) in [6, 6.07) is 12.7. The van der Waals surface area contributed by atoms with Crippen LogP contribution in [0.1, 0.15) is 54.9 Å². The van der Waals surface area contributed by atoms with Crippen LogP contribution < -0.4 is 15.0 Å².